The van der Waals surface area contributed by atoms with Crippen molar-refractivity contribution in [3.05, 3.63) is 39.2 Å². The summed E-state index contributed by atoms with van der Waals surface area (Å²) in [6.45, 7) is 6.66. The summed E-state index contributed by atoms with van der Waals surface area (Å²) < 4.78 is 27.9. The van der Waals surface area contributed by atoms with E-state index in [1.54, 1.807) is 32.9 Å². The highest BCUT2D eigenvalue weighted by atomic mass is 35.5. The van der Waals surface area contributed by atoms with Crippen molar-refractivity contribution in [1.29, 1.82) is 0 Å². The molecule has 0 aliphatic carbocycles. The summed E-state index contributed by atoms with van der Waals surface area (Å²) in [5, 5.41) is 0.753. The third kappa shape index (κ3) is 3.67. The molecule has 114 valence electrons. The van der Waals surface area contributed by atoms with Crippen LogP contribution >= 0.6 is 19.2 Å². The zero-order valence-electron chi connectivity index (χ0n) is 12.2. The van der Waals surface area contributed by atoms with Crippen LogP contribution in [-0.2, 0) is 9.09 Å². The highest BCUT2D eigenvalue weighted by molar-refractivity contribution is 7.53. The Balaban J connectivity index is 2.42. The van der Waals surface area contributed by atoms with Crippen LogP contribution in [0.25, 0.3) is 11.0 Å². The van der Waals surface area contributed by atoms with Crippen LogP contribution in [0.4, 0.5) is 0 Å². The van der Waals surface area contributed by atoms with E-state index in [2.05, 4.69) is 0 Å². The number of fused-ring (bicyclic) bond motifs is 1. The van der Waals surface area contributed by atoms with Gasteiger partial charge in [-0.05, 0) is 38.5 Å². The molecule has 1 heterocycles. The largest absolute Gasteiger partial charge is 0.424 e. The van der Waals surface area contributed by atoms with Gasteiger partial charge in [-0.25, -0.2) is 9.36 Å². The first-order chi connectivity index (χ1) is 9.69. The Kier molecular flexibility index (Phi) is 4.47. The molecule has 5 nitrogen and oxygen atoms in total. The number of benzene rings is 1. The Morgan fingerprint density at radius 2 is 2.00 bits per heavy atom. The third-order valence-corrected chi connectivity index (χ3v) is 4.53. The molecule has 0 fully saturated rings. The summed E-state index contributed by atoms with van der Waals surface area (Å²) in [5.41, 5.74) is 0.341. The summed E-state index contributed by atoms with van der Waals surface area (Å²) >= 11 is 5.86. The summed E-state index contributed by atoms with van der Waals surface area (Å²) in [4.78, 5) is 11.6. The van der Waals surface area contributed by atoms with Crippen molar-refractivity contribution in [1.82, 2.24) is 0 Å². The van der Waals surface area contributed by atoms with E-state index in [1.165, 1.54) is 12.7 Å². The van der Waals surface area contributed by atoms with Crippen LogP contribution in [-0.4, -0.2) is 12.8 Å². The lowest BCUT2D eigenvalue weighted by atomic mass is 10.1. The summed E-state index contributed by atoms with van der Waals surface area (Å²) in [6.07, 6.45) is -0.222. The molecule has 1 aromatic carbocycles. The molecule has 0 N–H and O–H groups in total. The van der Waals surface area contributed by atoms with Crippen LogP contribution in [0.15, 0.2) is 27.4 Å². The highest BCUT2D eigenvalue weighted by Gasteiger charge is 2.21. The molecule has 0 amide bonds. The van der Waals surface area contributed by atoms with Gasteiger partial charge in [0.05, 0.1) is 6.10 Å². The van der Waals surface area contributed by atoms with Crippen molar-refractivity contribution in [3.63, 3.8) is 0 Å². The third-order valence-electron chi connectivity index (χ3n) is 2.74. The molecule has 0 saturated carbocycles. The second-order valence-electron chi connectivity index (χ2n) is 5.00. The fourth-order valence-corrected chi connectivity index (χ4v) is 3.41. The molecule has 1 atom stereocenters. The van der Waals surface area contributed by atoms with Crippen molar-refractivity contribution in [2.45, 2.75) is 26.9 Å². The normalized spacial score (nSPS) is 14.4. The van der Waals surface area contributed by atoms with E-state index < -0.39 is 13.2 Å². The number of aryl methyl sites for hydroxylation is 1. The van der Waals surface area contributed by atoms with Crippen molar-refractivity contribution < 1.29 is 18.0 Å². The average molecular weight is 331 g/mol. The predicted molar refractivity (Wildman–Crippen MR) is 82.6 cm³/mol. The van der Waals surface area contributed by atoms with Crippen LogP contribution in [0.5, 0.6) is 5.75 Å². The maximum absolute atomic E-state index is 12.2. The molecule has 2 aromatic rings. The van der Waals surface area contributed by atoms with E-state index in [4.69, 9.17) is 25.1 Å². The van der Waals surface area contributed by atoms with Crippen molar-refractivity contribution in [2.24, 2.45) is 0 Å². The van der Waals surface area contributed by atoms with Gasteiger partial charge in [-0.3, -0.25) is 4.52 Å². The lowest BCUT2D eigenvalue weighted by Crippen LogP contribution is -2.04. The predicted octanol–water partition coefficient (Wildman–Crippen LogP) is 4.38. The minimum atomic E-state index is -3.23. The minimum absolute atomic E-state index is 0.0560. The molecule has 0 aliphatic heterocycles. The molecule has 0 saturated heterocycles. The Labute approximate surface area is 127 Å². The molecule has 0 aliphatic rings. The van der Waals surface area contributed by atoms with Gasteiger partial charge in [0.2, 0.25) is 0 Å². The lowest BCUT2D eigenvalue weighted by Gasteiger charge is -2.17. The van der Waals surface area contributed by atoms with Crippen LogP contribution < -0.4 is 10.1 Å². The first-order valence-electron chi connectivity index (χ1n) is 6.38. The van der Waals surface area contributed by atoms with Gasteiger partial charge in [-0.15, -0.1) is 0 Å². The number of halogens is 1. The van der Waals surface area contributed by atoms with E-state index in [9.17, 15) is 9.36 Å². The number of hydrogen-bond acceptors (Lipinski definition) is 5. The molecule has 0 unspecified atom stereocenters. The maximum atomic E-state index is 12.2. The number of rotatable bonds is 4. The van der Waals surface area contributed by atoms with Gasteiger partial charge in [0.25, 0.3) is 0 Å². The second kappa shape index (κ2) is 5.84. The van der Waals surface area contributed by atoms with Gasteiger partial charge in [0.15, 0.2) is 0 Å². The maximum Gasteiger partial charge on any atom is 0.376 e. The van der Waals surface area contributed by atoms with Crippen LogP contribution in [0.1, 0.15) is 19.4 Å². The SMILES string of the molecule is Cc1c(Cl)c(=O)oc2cc(O[P@@](C)(=O)OC(C)C)ccc12. The second-order valence-corrected chi connectivity index (χ2v) is 7.32. The summed E-state index contributed by atoms with van der Waals surface area (Å²) in [7, 11) is -3.23. The standard InChI is InChI=1S/C14H16ClO5P/c1-8(2)19-21(4,17)20-10-5-6-11-9(3)13(15)14(16)18-12(11)7-10/h5-8H,1-4H3/t21-/m0/s1. The molecule has 0 bridgehead atoms. The molecular weight excluding hydrogens is 315 g/mol. The van der Waals surface area contributed by atoms with Gasteiger partial charge in [0, 0.05) is 18.1 Å². The van der Waals surface area contributed by atoms with Gasteiger partial charge < -0.3 is 8.94 Å². The zero-order chi connectivity index (χ0) is 15.8. The van der Waals surface area contributed by atoms with Gasteiger partial charge >= 0.3 is 13.2 Å². The van der Waals surface area contributed by atoms with E-state index in [1.807, 2.05) is 0 Å². The van der Waals surface area contributed by atoms with Crippen molar-refractivity contribution in [2.75, 3.05) is 6.66 Å². The minimum Gasteiger partial charge on any atom is -0.424 e. The Morgan fingerprint density at radius 3 is 2.62 bits per heavy atom. The average Bonchev–Trinajstić information content (AvgIpc) is 2.33. The van der Waals surface area contributed by atoms with E-state index >= 15 is 0 Å². The Hall–Kier alpha value is -1.29. The molecule has 1 aromatic heterocycles. The van der Waals surface area contributed by atoms with Crippen LogP contribution in [0.2, 0.25) is 5.02 Å². The first-order valence-corrected chi connectivity index (χ1v) is 8.75. The molecule has 0 radical (unpaired) electrons. The summed E-state index contributed by atoms with van der Waals surface area (Å²) in [6, 6.07) is 4.83. The Bertz CT molecular complexity index is 781. The Morgan fingerprint density at radius 1 is 1.33 bits per heavy atom. The van der Waals surface area contributed by atoms with Crippen LogP contribution in [0.3, 0.4) is 0 Å². The summed E-state index contributed by atoms with van der Waals surface area (Å²) in [5.74, 6) is 0.304. The van der Waals surface area contributed by atoms with E-state index in [0.29, 0.717) is 22.3 Å². The van der Waals surface area contributed by atoms with Gasteiger partial charge in [0.1, 0.15) is 16.4 Å². The monoisotopic (exact) mass is 330 g/mol. The molecular formula is C14H16ClO5P. The van der Waals surface area contributed by atoms with E-state index in [-0.39, 0.29) is 11.1 Å². The smallest absolute Gasteiger partial charge is 0.376 e. The molecule has 0 spiro atoms. The van der Waals surface area contributed by atoms with Crippen molar-refractivity contribution in [3.8, 4) is 5.75 Å². The molecule has 2 rings (SSSR count). The molecule has 7 heteroatoms. The van der Waals surface area contributed by atoms with Gasteiger partial charge in [-0.1, -0.05) is 11.6 Å². The molecule has 21 heavy (non-hydrogen) atoms. The highest BCUT2D eigenvalue weighted by Crippen LogP contribution is 2.46. The fraction of sp³-hybridized carbons (Fsp3) is 0.357. The first kappa shape index (κ1) is 16.1. The fourth-order valence-electron chi connectivity index (χ4n) is 1.97. The van der Waals surface area contributed by atoms with Crippen LogP contribution in [0, 0.1) is 6.92 Å². The van der Waals surface area contributed by atoms with E-state index in [0.717, 1.165) is 0 Å². The zero-order valence-corrected chi connectivity index (χ0v) is 13.8. The lowest BCUT2D eigenvalue weighted by molar-refractivity contribution is 0.213. The quantitative estimate of drug-likeness (QED) is 0.614. The topological polar surface area (TPSA) is 65.7 Å². The number of hydrogen-bond donors (Lipinski definition) is 0. The van der Waals surface area contributed by atoms with Crippen molar-refractivity contribution >= 4 is 30.2 Å². The van der Waals surface area contributed by atoms with Gasteiger partial charge in [-0.2, -0.15) is 0 Å².